The lowest BCUT2D eigenvalue weighted by Crippen LogP contribution is -2.36. The van der Waals surface area contributed by atoms with Crippen molar-refractivity contribution in [2.45, 2.75) is 33.0 Å². The minimum Gasteiger partial charge on any atom is -0.378 e. The van der Waals surface area contributed by atoms with Gasteiger partial charge in [0.25, 0.3) is 5.91 Å². The number of amides is 1. The fourth-order valence-corrected chi connectivity index (χ4v) is 2.78. The van der Waals surface area contributed by atoms with E-state index in [0.29, 0.717) is 18.7 Å². The van der Waals surface area contributed by atoms with Crippen LogP contribution >= 0.6 is 0 Å². The maximum absolute atomic E-state index is 13.1. The van der Waals surface area contributed by atoms with Crippen molar-refractivity contribution in [2.75, 3.05) is 5.32 Å². The van der Waals surface area contributed by atoms with Crippen molar-refractivity contribution in [3.8, 4) is 0 Å². The van der Waals surface area contributed by atoms with Gasteiger partial charge in [-0.15, -0.1) is 0 Å². The van der Waals surface area contributed by atoms with E-state index in [1.807, 2.05) is 73.3 Å². The van der Waals surface area contributed by atoms with Crippen LogP contribution < -0.4 is 5.32 Å². The lowest BCUT2D eigenvalue weighted by Gasteiger charge is -2.27. The first-order chi connectivity index (χ1) is 13.1. The third kappa shape index (κ3) is 5.14. The van der Waals surface area contributed by atoms with Gasteiger partial charge in [-0.05, 0) is 37.6 Å². The summed E-state index contributed by atoms with van der Waals surface area (Å²) in [4.78, 5) is 23.4. The summed E-state index contributed by atoms with van der Waals surface area (Å²) in [6, 6.07) is 17.7. The second kappa shape index (κ2) is 8.94. The van der Waals surface area contributed by atoms with E-state index in [2.05, 4.69) is 15.3 Å². The first kappa shape index (κ1) is 18.6. The van der Waals surface area contributed by atoms with Gasteiger partial charge in [-0.1, -0.05) is 36.4 Å². The molecule has 0 radical (unpaired) electrons. The predicted molar refractivity (Wildman–Crippen MR) is 107 cm³/mol. The highest BCUT2D eigenvalue weighted by atomic mass is 16.2. The Labute approximate surface area is 160 Å². The Balaban J connectivity index is 1.72. The summed E-state index contributed by atoms with van der Waals surface area (Å²) in [5.74, 6) is -0.0251. The number of carbonyl (C=O) groups excluding carboxylic acids is 1. The van der Waals surface area contributed by atoms with E-state index in [-0.39, 0.29) is 11.9 Å². The number of pyridine rings is 2. The molecule has 3 rings (SSSR count). The first-order valence-electron chi connectivity index (χ1n) is 9.07. The molecule has 3 aromatic rings. The molecule has 2 heterocycles. The van der Waals surface area contributed by atoms with Crippen LogP contribution in [0.4, 0.5) is 5.69 Å². The quantitative estimate of drug-likeness (QED) is 0.688. The molecule has 0 spiro atoms. The molecule has 138 valence electrons. The number of nitrogens with one attached hydrogen (secondary N) is 1. The van der Waals surface area contributed by atoms with E-state index in [1.165, 1.54) is 0 Å². The van der Waals surface area contributed by atoms with Crippen LogP contribution in [0.25, 0.3) is 0 Å². The molecule has 0 fully saturated rings. The average Bonchev–Trinajstić information content (AvgIpc) is 2.71. The molecule has 1 N–H and O–H groups in total. The Morgan fingerprint density at radius 2 is 1.85 bits per heavy atom. The zero-order valence-electron chi connectivity index (χ0n) is 15.7. The second-order valence-electron chi connectivity index (χ2n) is 6.65. The zero-order valence-corrected chi connectivity index (χ0v) is 15.7. The van der Waals surface area contributed by atoms with E-state index in [9.17, 15) is 4.79 Å². The molecule has 1 amide bonds. The predicted octanol–water partition coefficient (Wildman–Crippen LogP) is 4.14. The van der Waals surface area contributed by atoms with Crippen molar-refractivity contribution in [1.29, 1.82) is 0 Å². The van der Waals surface area contributed by atoms with Gasteiger partial charge in [0.15, 0.2) is 0 Å². The summed E-state index contributed by atoms with van der Waals surface area (Å²) in [5, 5.41) is 3.28. The standard InChI is InChI=1S/C22H24N4O/c1-17(2)26(16-18-8-4-3-5-9-18)22(27)19-12-21(14-23-13-19)25-15-20-10-6-7-11-24-20/h3-14,17,25H,15-16H2,1-2H3. The molecule has 0 bridgehead atoms. The molecule has 5 heteroatoms. The Morgan fingerprint density at radius 3 is 2.56 bits per heavy atom. The van der Waals surface area contributed by atoms with Gasteiger partial charge < -0.3 is 10.2 Å². The van der Waals surface area contributed by atoms with E-state index in [0.717, 1.165) is 16.9 Å². The van der Waals surface area contributed by atoms with Crippen molar-refractivity contribution in [1.82, 2.24) is 14.9 Å². The number of aromatic nitrogens is 2. The molecule has 0 saturated heterocycles. The number of carbonyl (C=O) groups is 1. The van der Waals surface area contributed by atoms with E-state index in [1.54, 1.807) is 18.6 Å². The van der Waals surface area contributed by atoms with Crippen molar-refractivity contribution < 1.29 is 4.79 Å². The number of nitrogens with zero attached hydrogens (tertiary/aromatic N) is 3. The van der Waals surface area contributed by atoms with Gasteiger partial charge in [0.1, 0.15) is 0 Å². The highest BCUT2D eigenvalue weighted by Gasteiger charge is 2.19. The third-order valence-corrected chi connectivity index (χ3v) is 4.26. The molecule has 0 aliphatic carbocycles. The SMILES string of the molecule is CC(C)N(Cc1ccccc1)C(=O)c1cncc(NCc2ccccn2)c1. The van der Waals surface area contributed by atoms with Crippen molar-refractivity contribution >= 4 is 11.6 Å². The van der Waals surface area contributed by atoms with Crippen LogP contribution in [0, 0.1) is 0 Å². The monoisotopic (exact) mass is 360 g/mol. The van der Waals surface area contributed by atoms with Gasteiger partial charge >= 0.3 is 0 Å². The Kier molecular flexibility index (Phi) is 6.15. The van der Waals surface area contributed by atoms with Crippen molar-refractivity contribution in [2.24, 2.45) is 0 Å². The normalized spacial score (nSPS) is 10.6. The average molecular weight is 360 g/mol. The fourth-order valence-electron chi connectivity index (χ4n) is 2.78. The smallest absolute Gasteiger partial charge is 0.256 e. The van der Waals surface area contributed by atoms with E-state index < -0.39 is 0 Å². The molecule has 2 aromatic heterocycles. The Morgan fingerprint density at radius 1 is 1.07 bits per heavy atom. The minimum absolute atomic E-state index is 0.0251. The number of hydrogen-bond acceptors (Lipinski definition) is 4. The topological polar surface area (TPSA) is 58.1 Å². The molecular weight excluding hydrogens is 336 g/mol. The van der Waals surface area contributed by atoms with Crippen molar-refractivity contribution in [3.05, 3.63) is 90.0 Å². The maximum atomic E-state index is 13.1. The van der Waals surface area contributed by atoms with Crippen LogP contribution in [0.5, 0.6) is 0 Å². The summed E-state index contributed by atoms with van der Waals surface area (Å²) >= 11 is 0. The van der Waals surface area contributed by atoms with Crippen molar-refractivity contribution in [3.63, 3.8) is 0 Å². The number of rotatable bonds is 7. The van der Waals surface area contributed by atoms with Crippen LogP contribution in [0.2, 0.25) is 0 Å². The van der Waals surface area contributed by atoms with E-state index in [4.69, 9.17) is 0 Å². The van der Waals surface area contributed by atoms with Crippen LogP contribution in [-0.4, -0.2) is 26.8 Å². The molecule has 0 aliphatic heterocycles. The van der Waals surface area contributed by atoms with Gasteiger partial charge in [0.2, 0.25) is 0 Å². The summed E-state index contributed by atoms with van der Waals surface area (Å²) in [5.41, 5.74) is 3.42. The fraction of sp³-hybridized carbons (Fsp3) is 0.227. The number of anilines is 1. The number of hydrogen-bond donors (Lipinski definition) is 1. The van der Waals surface area contributed by atoms with Crippen LogP contribution in [0.3, 0.4) is 0 Å². The summed E-state index contributed by atoms with van der Waals surface area (Å²) in [6.07, 6.45) is 5.10. The third-order valence-electron chi connectivity index (χ3n) is 4.26. The second-order valence-corrected chi connectivity index (χ2v) is 6.65. The minimum atomic E-state index is -0.0251. The van der Waals surface area contributed by atoms with Gasteiger partial charge in [0.05, 0.1) is 23.5 Å². The molecule has 5 nitrogen and oxygen atoms in total. The van der Waals surface area contributed by atoms with Gasteiger partial charge in [-0.3, -0.25) is 14.8 Å². The highest BCUT2D eigenvalue weighted by molar-refractivity contribution is 5.94. The molecule has 0 saturated carbocycles. The zero-order chi connectivity index (χ0) is 19.1. The molecule has 0 unspecified atom stereocenters. The molecule has 0 atom stereocenters. The van der Waals surface area contributed by atoms with Gasteiger partial charge in [0, 0.05) is 31.2 Å². The lowest BCUT2D eigenvalue weighted by molar-refractivity contribution is 0.0690. The summed E-state index contributed by atoms with van der Waals surface area (Å²) < 4.78 is 0. The van der Waals surface area contributed by atoms with Crippen LogP contribution in [0.1, 0.15) is 35.5 Å². The molecular formula is C22H24N4O. The molecule has 1 aromatic carbocycles. The van der Waals surface area contributed by atoms with Gasteiger partial charge in [-0.2, -0.15) is 0 Å². The molecule has 0 aliphatic rings. The summed E-state index contributed by atoms with van der Waals surface area (Å²) in [7, 11) is 0. The molecule has 27 heavy (non-hydrogen) atoms. The Hall–Kier alpha value is -3.21. The van der Waals surface area contributed by atoms with E-state index >= 15 is 0 Å². The number of benzene rings is 1. The first-order valence-corrected chi connectivity index (χ1v) is 9.07. The largest absolute Gasteiger partial charge is 0.378 e. The van der Waals surface area contributed by atoms with Crippen LogP contribution in [-0.2, 0) is 13.1 Å². The highest BCUT2D eigenvalue weighted by Crippen LogP contribution is 2.16. The maximum Gasteiger partial charge on any atom is 0.256 e. The lowest BCUT2D eigenvalue weighted by atomic mass is 10.1. The Bertz CT molecular complexity index is 866. The van der Waals surface area contributed by atoms with Crippen LogP contribution in [0.15, 0.2) is 73.2 Å². The van der Waals surface area contributed by atoms with Gasteiger partial charge in [-0.25, -0.2) is 0 Å². The summed E-state index contributed by atoms with van der Waals surface area (Å²) in [6.45, 7) is 5.20.